The maximum atomic E-state index is 12.4. The summed E-state index contributed by atoms with van der Waals surface area (Å²) in [5.41, 5.74) is 2.22. The summed E-state index contributed by atoms with van der Waals surface area (Å²) in [5, 5.41) is 4.45. The lowest BCUT2D eigenvalue weighted by Gasteiger charge is -2.19. The fourth-order valence-corrected chi connectivity index (χ4v) is 4.08. The number of aromatic nitrogens is 2. The van der Waals surface area contributed by atoms with Crippen LogP contribution in [0.1, 0.15) is 37.1 Å². The summed E-state index contributed by atoms with van der Waals surface area (Å²) >= 11 is 0. The van der Waals surface area contributed by atoms with E-state index < -0.39 is 0 Å². The molecule has 1 saturated heterocycles. The van der Waals surface area contributed by atoms with Gasteiger partial charge in [-0.1, -0.05) is 0 Å². The smallest absolute Gasteiger partial charge is 0.222 e. The second kappa shape index (κ2) is 6.41. The first-order valence-corrected chi connectivity index (χ1v) is 8.38. The Labute approximate surface area is 132 Å². The Morgan fingerprint density at radius 1 is 1.32 bits per heavy atom. The molecule has 0 aromatic carbocycles. The van der Waals surface area contributed by atoms with Crippen molar-refractivity contribution in [3.8, 4) is 0 Å². The van der Waals surface area contributed by atoms with Crippen LogP contribution in [0.4, 0.5) is 0 Å². The first-order chi connectivity index (χ1) is 10.6. The van der Waals surface area contributed by atoms with Crippen LogP contribution in [-0.4, -0.2) is 46.9 Å². The molecule has 22 heavy (non-hydrogen) atoms. The second-order valence-corrected chi connectivity index (χ2v) is 6.90. The highest BCUT2D eigenvalue weighted by atomic mass is 16.5. The van der Waals surface area contributed by atoms with Gasteiger partial charge < -0.3 is 9.64 Å². The number of fused-ring (bicyclic) bond motifs is 1. The van der Waals surface area contributed by atoms with Gasteiger partial charge in [-0.2, -0.15) is 5.10 Å². The molecule has 3 atom stereocenters. The van der Waals surface area contributed by atoms with E-state index in [0.29, 0.717) is 30.3 Å². The molecule has 3 rings (SSSR count). The number of hydrogen-bond acceptors (Lipinski definition) is 3. The highest BCUT2D eigenvalue weighted by Crippen LogP contribution is 2.39. The second-order valence-electron chi connectivity index (χ2n) is 6.90. The minimum atomic E-state index is 0.310. The first-order valence-electron chi connectivity index (χ1n) is 8.38. The number of rotatable bonds is 5. The average molecular weight is 305 g/mol. The maximum absolute atomic E-state index is 12.4. The van der Waals surface area contributed by atoms with Gasteiger partial charge in [-0.3, -0.25) is 9.48 Å². The number of amides is 1. The van der Waals surface area contributed by atoms with E-state index in [-0.39, 0.29) is 0 Å². The SMILES string of the molecule is COC1C[C@@H]2CN(C(=O)CCCn3nc(C)cc3C)C[C@@H]2C1. The normalized spacial score (nSPS) is 27.4. The molecule has 1 aliphatic carbocycles. The molecular weight excluding hydrogens is 278 g/mol. The number of aryl methyl sites for hydroxylation is 3. The van der Waals surface area contributed by atoms with Crippen molar-refractivity contribution in [2.45, 2.75) is 52.2 Å². The molecule has 2 heterocycles. The van der Waals surface area contributed by atoms with Crippen molar-refractivity contribution < 1.29 is 9.53 Å². The van der Waals surface area contributed by atoms with Crippen molar-refractivity contribution in [2.75, 3.05) is 20.2 Å². The van der Waals surface area contributed by atoms with E-state index in [1.165, 1.54) is 5.69 Å². The van der Waals surface area contributed by atoms with E-state index in [0.717, 1.165) is 44.6 Å². The molecule has 1 aromatic rings. The molecule has 1 aromatic heterocycles. The Kier molecular flexibility index (Phi) is 4.52. The van der Waals surface area contributed by atoms with Gasteiger partial charge >= 0.3 is 0 Å². The Morgan fingerprint density at radius 3 is 2.55 bits per heavy atom. The number of hydrogen-bond donors (Lipinski definition) is 0. The lowest BCUT2D eigenvalue weighted by atomic mass is 10.0. The number of carbonyl (C=O) groups is 1. The predicted octanol–water partition coefficient (Wildman–Crippen LogP) is 2.16. The van der Waals surface area contributed by atoms with Gasteiger partial charge in [-0.05, 0) is 51.0 Å². The third-order valence-electron chi connectivity index (χ3n) is 5.26. The van der Waals surface area contributed by atoms with E-state index in [1.807, 2.05) is 11.6 Å². The van der Waals surface area contributed by atoms with Crippen LogP contribution in [0.5, 0.6) is 0 Å². The summed E-state index contributed by atoms with van der Waals surface area (Å²) in [5.74, 6) is 1.62. The zero-order valence-electron chi connectivity index (χ0n) is 13.9. The van der Waals surface area contributed by atoms with Gasteiger partial charge in [-0.25, -0.2) is 0 Å². The Morgan fingerprint density at radius 2 is 2.00 bits per heavy atom. The van der Waals surface area contributed by atoms with E-state index in [2.05, 4.69) is 23.0 Å². The predicted molar refractivity (Wildman–Crippen MR) is 84.5 cm³/mol. The molecule has 1 aliphatic heterocycles. The van der Waals surface area contributed by atoms with Crippen molar-refractivity contribution in [2.24, 2.45) is 11.8 Å². The number of likely N-dealkylation sites (tertiary alicyclic amines) is 1. The minimum absolute atomic E-state index is 0.310. The summed E-state index contributed by atoms with van der Waals surface area (Å²) < 4.78 is 7.46. The Balaban J connectivity index is 1.43. The van der Waals surface area contributed by atoms with Gasteiger partial charge in [0.05, 0.1) is 11.8 Å². The molecule has 5 nitrogen and oxygen atoms in total. The van der Waals surface area contributed by atoms with Crippen LogP contribution in [0.25, 0.3) is 0 Å². The first kappa shape index (κ1) is 15.5. The van der Waals surface area contributed by atoms with E-state index in [1.54, 1.807) is 7.11 Å². The third kappa shape index (κ3) is 3.19. The molecule has 5 heteroatoms. The molecule has 1 amide bonds. The van der Waals surface area contributed by atoms with Crippen LogP contribution in [-0.2, 0) is 16.1 Å². The van der Waals surface area contributed by atoms with Gasteiger partial charge in [0, 0.05) is 38.9 Å². The summed E-state index contributed by atoms with van der Waals surface area (Å²) in [7, 11) is 1.80. The third-order valence-corrected chi connectivity index (χ3v) is 5.26. The van der Waals surface area contributed by atoms with Crippen molar-refractivity contribution in [3.63, 3.8) is 0 Å². The molecule has 0 N–H and O–H groups in total. The maximum Gasteiger partial charge on any atom is 0.222 e. The summed E-state index contributed by atoms with van der Waals surface area (Å²) in [4.78, 5) is 14.4. The molecule has 1 saturated carbocycles. The van der Waals surface area contributed by atoms with Gasteiger partial charge in [0.2, 0.25) is 5.91 Å². The van der Waals surface area contributed by atoms with Gasteiger partial charge in [-0.15, -0.1) is 0 Å². The van der Waals surface area contributed by atoms with E-state index >= 15 is 0 Å². The Bertz CT molecular complexity index is 526. The molecule has 0 bridgehead atoms. The topological polar surface area (TPSA) is 47.4 Å². The standard InChI is InChI=1S/C17H27N3O2/c1-12-7-13(2)20(18-12)6-4-5-17(21)19-10-14-8-16(22-3)9-15(14)11-19/h7,14-16H,4-6,8-11H2,1-3H3/t14-,15+,16?. The van der Waals surface area contributed by atoms with E-state index in [9.17, 15) is 4.79 Å². The number of ether oxygens (including phenoxy) is 1. The summed E-state index contributed by atoms with van der Waals surface area (Å²) in [6.45, 7) is 6.77. The van der Waals surface area contributed by atoms with Crippen molar-refractivity contribution in [1.82, 2.24) is 14.7 Å². The van der Waals surface area contributed by atoms with Crippen molar-refractivity contribution in [3.05, 3.63) is 17.5 Å². The lowest BCUT2D eigenvalue weighted by molar-refractivity contribution is -0.130. The molecule has 0 radical (unpaired) electrons. The van der Waals surface area contributed by atoms with Crippen LogP contribution in [0, 0.1) is 25.7 Å². The highest BCUT2D eigenvalue weighted by molar-refractivity contribution is 5.76. The molecule has 2 aliphatic rings. The van der Waals surface area contributed by atoms with Crippen LogP contribution >= 0.6 is 0 Å². The largest absolute Gasteiger partial charge is 0.381 e. The molecular formula is C17H27N3O2. The lowest BCUT2D eigenvalue weighted by Crippen LogP contribution is -2.30. The fraction of sp³-hybridized carbons (Fsp3) is 0.765. The molecule has 1 unspecified atom stereocenters. The van der Waals surface area contributed by atoms with Gasteiger partial charge in [0.15, 0.2) is 0 Å². The molecule has 122 valence electrons. The quantitative estimate of drug-likeness (QED) is 0.837. The van der Waals surface area contributed by atoms with Crippen molar-refractivity contribution >= 4 is 5.91 Å². The summed E-state index contributed by atoms with van der Waals surface area (Å²) in [6, 6.07) is 2.08. The molecule has 0 spiro atoms. The minimum Gasteiger partial charge on any atom is -0.381 e. The van der Waals surface area contributed by atoms with Gasteiger partial charge in [0.1, 0.15) is 0 Å². The monoisotopic (exact) mass is 305 g/mol. The molecule has 2 fully saturated rings. The zero-order chi connectivity index (χ0) is 15.7. The number of nitrogens with zero attached hydrogens (tertiary/aromatic N) is 3. The van der Waals surface area contributed by atoms with Crippen LogP contribution in [0.3, 0.4) is 0 Å². The van der Waals surface area contributed by atoms with Gasteiger partial charge in [0.25, 0.3) is 0 Å². The van der Waals surface area contributed by atoms with Crippen LogP contribution in [0.15, 0.2) is 6.07 Å². The van der Waals surface area contributed by atoms with Crippen LogP contribution < -0.4 is 0 Å². The summed E-state index contributed by atoms with van der Waals surface area (Å²) in [6.07, 6.45) is 4.16. The van der Waals surface area contributed by atoms with Crippen molar-refractivity contribution in [1.29, 1.82) is 0 Å². The number of methoxy groups -OCH3 is 1. The van der Waals surface area contributed by atoms with Crippen LogP contribution in [0.2, 0.25) is 0 Å². The zero-order valence-corrected chi connectivity index (χ0v) is 13.9. The number of carbonyl (C=O) groups excluding carboxylic acids is 1. The Hall–Kier alpha value is -1.36. The van der Waals surface area contributed by atoms with E-state index in [4.69, 9.17) is 4.74 Å². The fourth-order valence-electron chi connectivity index (χ4n) is 4.08. The average Bonchev–Trinajstić information content (AvgIpc) is 3.11. The highest BCUT2D eigenvalue weighted by Gasteiger charge is 2.42.